The highest BCUT2D eigenvalue weighted by atomic mass is 32.1. The number of ketones is 2. The highest BCUT2D eigenvalue weighted by Crippen LogP contribution is 2.50. The SMILES string of the molecule is Cc1ccc(N(c2ccc(C)cc2)c2sc(-c3cnc(N=C4C(=O)C5CCCCC5C4=O)c4nsnc34)c3ccccc23)cc1. The molecule has 0 bridgehead atoms. The predicted molar refractivity (Wildman–Crippen MR) is 183 cm³/mol. The van der Waals surface area contributed by atoms with Crippen LogP contribution in [-0.2, 0) is 9.59 Å². The van der Waals surface area contributed by atoms with Gasteiger partial charge in [0.25, 0.3) is 0 Å². The minimum Gasteiger partial charge on any atom is -0.301 e. The maximum absolute atomic E-state index is 13.2. The number of carbonyl (C=O) groups excluding carboxylic acids is 2. The average Bonchev–Trinajstić information content (AvgIpc) is 3.77. The van der Waals surface area contributed by atoms with E-state index >= 15 is 0 Å². The lowest BCUT2D eigenvalue weighted by molar-refractivity contribution is -0.120. The molecule has 8 rings (SSSR count). The fourth-order valence-electron chi connectivity index (χ4n) is 6.67. The Morgan fingerprint density at radius 2 is 1.33 bits per heavy atom. The first-order valence-electron chi connectivity index (χ1n) is 15.2. The Morgan fingerprint density at radius 3 is 1.96 bits per heavy atom. The Labute approximate surface area is 268 Å². The zero-order chi connectivity index (χ0) is 30.7. The molecule has 6 aromatic rings. The van der Waals surface area contributed by atoms with Gasteiger partial charge in [0, 0.05) is 50.6 Å². The summed E-state index contributed by atoms with van der Waals surface area (Å²) in [6, 6.07) is 25.6. The molecule has 3 heterocycles. The van der Waals surface area contributed by atoms with Gasteiger partial charge in [-0.1, -0.05) is 72.5 Å². The van der Waals surface area contributed by atoms with Crippen molar-refractivity contribution in [1.29, 1.82) is 0 Å². The monoisotopic (exact) mass is 627 g/mol. The van der Waals surface area contributed by atoms with Crippen LogP contribution in [0.4, 0.5) is 22.2 Å². The average molecular weight is 628 g/mol. The number of nitrogens with zero attached hydrogens (tertiary/aromatic N) is 5. The summed E-state index contributed by atoms with van der Waals surface area (Å²) >= 11 is 2.77. The third-order valence-electron chi connectivity index (χ3n) is 9.03. The van der Waals surface area contributed by atoms with Crippen LogP contribution in [0.2, 0.25) is 0 Å². The first kappa shape index (κ1) is 27.9. The van der Waals surface area contributed by atoms with Crippen LogP contribution in [0.15, 0.2) is 84.0 Å². The summed E-state index contributed by atoms with van der Waals surface area (Å²) in [6.07, 6.45) is 5.23. The molecule has 2 aliphatic rings. The van der Waals surface area contributed by atoms with Crippen LogP contribution in [0, 0.1) is 25.7 Å². The summed E-state index contributed by atoms with van der Waals surface area (Å²) in [5.74, 6) is -0.496. The zero-order valence-electron chi connectivity index (χ0n) is 24.9. The maximum atomic E-state index is 13.2. The zero-order valence-corrected chi connectivity index (χ0v) is 26.5. The molecular weight excluding hydrogens is 599 g/mol. The molecule has 2 unspecified atom stereocenters. The number of thiophene rings is 1. The number of anilines is 3. The molecule has 2 atom stereocenters. The van der Waals surface area contributed by atoms with Crippen molar-refractivity contribution >= 4 is 84.3 Å². The maximum Gasteiger partial charge on any atom is 0.188 e. The molecule has 2 saturated carbocycles. The van der Waals surface area contributed by atoms with Crippen LogP contribution < -0.4 is 4.90 Å². The Bertz CT molecular complexity index is 2080. The molecule has 0 N–H and O–H groups in total. The van der Waals surface area contributed by atoms with Crippen molar-refractivity contribution < 1.29 is 9.59 Å². The molecule has 3 aromatic carbocycles. The van der Waals surface area contributed by atoms with Gasteiger partial charge >= 0.3 is 0 Å². The Morgan fingerprint density at radius 1 is 0.756 bits per heavy atom. The molecule has 0 amide bonds. The lowest BCUT2D eigenvalue weighted by Gasteiger charge is -2.24. The van der Waals surface area contributed by atoms with E-state index in [0.717, 1.165) is 75.0 Å². The topological polar surface area (TPSA) is 88.4 Å². The van der Waals surface area contributed by atoms with Gasteiger partial charge in [0.05, 0.1) is 11.7 Å². The molecule has 0 radical (unpaired) electrons. The fraction of sp³-hybridized carbons (Fsp3) is 0.222. The number of aryl methyl sites for hydroxylation is 2. The van der Waals surface area contributed by atoms with E-state index in [-0.39, 0.29) is 34.9 Å². The van der Waals surface area contributed by atoms with Crippen LogP contribution in [0.3, 0.4) is 0 Å². The summed E-state index contributed by atoms with van der Waals surface area (Å²) < 4.78 is 9.24. The minimum atomic E-state index is -0.241. The lowest BCUT2D eigenvalue weighted by atomic mass is 9.81. The third kappa shape index (κ3) is 4.69. The highest BCUT2D eigenvalue weighted by molar-refractivity contribution is 7.21. The second-order valence-corrected chi connectivity index (χ2v) is 13.5. The normalized spacial score (nSPS) is 18.1. The number of hydrogen-bond donors (Lipinski definition) is 0. The third-order valence-corrected chi connectivity index (χ3v) is 10.8. The van der Waals surface area contributed by atoms with Gasteiger partial charge in [-0.05, 0) is 51.0 Å². The number of Topliss-reactive ketones (excluding diaryl/α,β-unsaturated/α-hetero) is 2. The van der Waals surface area contributed by atoms with Crippen LogP contribution in [0.25, 0.3) is 32.2 Å². The fourth-order valence-corrected chi connectivity index (χ4v) is 8.55. The Hall–Kier alpha value is -4.60. The van der Waals surface area contributed by atoms with Gasteiger partial charge in [-0.3, -0.25) is 9.59 Å². The van der Waals surface area contributed by atoms with Crippen molar-refractivity contribution in [3.63, 3.8) is 0 Å². The second-order valence-electron chi connectivity index (χ2n) is 11.9. The number of hydrogen-bond acceptors (Lipinski definition) is 9. The minimum absolute atomic E-state index is 0.0251. The first-order valence-corrected chi connectivity index (χ1v) is 16.8. The van der Waals surface area contributed by atoms with Crippen LogP contribution in [0.5, 0.6) is 0 Å². The molecule has 0 spiro atoms. The van der Waals surface area contributed by atoms with E-state index in [9.17, 15) is 9.59 Å². The van der Waals surface area contributed by atoms with Gasteiger partial charge in [-0.25, -0.2) is 9.98 Å². The number of rotatable bonds is 5. The van der Waals surface area contributed by atoms with E-state index in [4.69, 9.17) is 4.98 Å². The van der Waals surface area contributed by atoms with Gasteiger partial charge in [0.2, 0.25) is 0 Å². The summed E-state index contributed by atoms with van der Waals surface area (Å²) in [6.45, 7) is 4.19. The standard InChI is InChI=1S/C36H29N5O2S2/c1-20-11-15-22(16-12-20)41(23-17-13-21(2)14-18-23)36-27-10-6-5-9-26(27)34(44-36)28-19-37-35(30-29(28)39-45-40-30)38-31-32(42)24-7-3-4-8-25(24)33(31)43/h5-6,9-19,24-25H,3-4,7-8H2,1-2H3. The van der Waals surface area contributed by atoms with E-state index in [1.54, 1.807) is 17.5 Å². The smallest absolute Gasteiger partial charge is 0.188 e. The summed E-state index contributed by atoms with van der Waals surface area (Å²) in [7, 11) is 0. The molecule has 2 fully saturated rings. The molecule has 7 nitrogen and oxygen atoms in total. The van der Waals surface area contributed by atoms with E-state index in [1.165, 1.54) is 11.1 Å². The Balaban J connectivity index is 1.28. The lowest BCUT2D eigenvalue weighted by Crippen LogP contribution is -2.21. The van der Waals surface area contributed by atoms with Gasteiger partial charge in [-0.2, -0.15) is 8.75 Å². The number of pyridine rings is 1. The van der Waals surface area contributed by atoms with Gasteiger partial charge < -0.3 is 4.90 Å². The van der Waals surface area contributed by atoms with Crippen LogP contribution in [0.1, 0.15) is 36.8 Å². The van der Waals surface area contributed by atoms with Gasteiger partial charge in [0.1, 0.15) is 16.0 Å². The van der Waals surface area contributed by atoms with Crippen molar-refractivity contribution in [2.24, 2.45) is 16.8 Å². The number of aliphatic imine (C=N–C) groups is 1. The number of carbonyl (C=O) groups is 2. The van der Waals surface area contributed by atoms with Crippen molar-refractivity contribution in [3.05, 3.63) is 90.1 Å². The van der Waals surface area contributed by atoms with Gasteiger partial charge in [-0.15, -0.1) is 11.3 Å². The van der Waals surface area contributed by atoms with E-state index in [0.29, 0.717) is 11.0 Å². The highest BCUT2D eigenvalue weighted by Gasteiger charge is 2.47. The van der Waals surface area contributed by atoms with Crippen LogP contribution >= 0.6 is 23.1 Å². The molecule has 0 saturated heterocycles. The molecule has 3 aromatic heterocycles. The van der Waals surface area contributed by atoms with Crippen molar-refractivity contribution in [2.75, 3.05) is 4.90 Å². The summed E-state index contributed by atoms with van der Waals surface area (Å²) in [5, 5.41) is 3.28. The van der Waals surface area contributed by atoms with Crippen molar-refractivity contribution in [2.45, 2.75) is 39.5 Å². The van der Waals surface area contributed by atoms with E-state index < -0.39 is 0 Å². The largest absolute Gasteiger partial charge is 0.301 e. The number of aromatic nitrogens is 3. The Kier molecular flexibility index (Phi) is 6.88. The molecule has 2 aliphatic carbocycles. The molecule has 0 aliphatic heterocycles. The summed E-state index contributed by atoms with van der Waals surface area (Å²) in [5.41, 5.74) is 6.59. The second kappa shape index (κ2) is 11.1. The van der Waals surface area contributed by atoms with Crippen molar-refractivity contribution in [1.82, 2.24) is 13.7 Å². The van der Waals surface area contributed by atoms with Gasteiger partial charge in [0.15, 0.2) is 23.1 Å². The molecular formula is C36H29N5O2S2. The molecule has 222 valence electrons. The first-order chi connectivity index (χ1) is 22.0. The molecule has 45 heavy (non-hydrogen) atoms. The molecule has 9 heteroatoms. The number of benzene rings is 3. The number of fused-ring (bicyclic) bond motifs is 3. The van der Waals surface area contributed by atoms with E-state index in [2.05, 4.69) is 99.2 Å². The quantitative estimate of drug-likeness (QED) is 0.189. The van der Waals surface area contributed by atoms with Crippen molar-refractivity contribution in [3.8, 4) is 10.4 Å². The predicted octanol–water partition coefficient (Wildman–Crippen LogP) is 9.09. The van der Waals surface area contributed by atoms with Crippen LogP contribution in [-0.4, -0.2) is 31.0 Å². The summed E-state index contributed by atoms with van der Waals surface area (Å²) in [4.78, 5) is 39.0. The van der Waals surface area contributed by atoms with E-state index in [1.807, 2.05) is 6.07 Å².